The van der Waals surface area contributed by atoms with E-state index in [1.807, 2.05) is 49.4 Å². The highest BCUT2D eigenvalue weighted by Crippen LogP contribution is 2.32. The fourth-order valence-electron chi connectivity index (χ4n) is 3.46. The topological polar surface area (TPSA) is 107 Å². The molecule has 2 heterocycles. The van der Waals surface area contributed by atoms with E-state index in [-0.39, 0.29) is 5.95 Å². The minimum Gasteiger partial charge on any atom is -0.324 e. The second-order valence-electron chi connectivity index (χ2n) is 6.60. The number of rotatable bonds is 5. The van der Waals surface area contributed by atoms with Crippen LogP contribution in [0.2, 0.25) is 0 Å². The molecule has 3 N–H and O–H groups in total. The van der Waals surface area contributed by atoms with Gasteiger partial charge in [-0.2, -0.15) is 0 Å². The Morgan fingerprint density at radius 2 is 1.82 bits per heavy atom. The summed E-state index contributed by atoms with van der Waals surface area (Å²) >= 11 is 0. The molecular weight excluding hydrogens is 358 g/mol. The van der Waals surface area contributed by atoms with Crippen molar-refractivity contribution in [1.29, 1.82) is 0 Å². The first-order valence-corrected chi connectivity index (χ1v) is 8.98. The lowest BCUT2D eigenvalue weighted by Crippen LogP contribution is -2.44. The summed E-state index contributed by atoms with van der Waals surface area (Å²) < 4.78 is 0. The lowest BCUT2D eigenvalue weighted by Gasteiger charge is -2.25. The molecule has 1 aromatic heterocycles. The molecule has 0 saturated carbocycles. The molecule has 1 atom stereocenters. The van der Waals surface area contributed by atoms with Crippen molar-refractivity contribution < 1.29 is 14.4 Å². The fourth-order valence-corrected chi connectivity index (χ4v) is 3.46. The second-order valence-corrected chi connectivity index (χ2v) is 6.60. The van der Waals surface area contributed by atoms with Gasteiger partial charge in [-0.25, -0.2) is 9.78 Å². The summed E-state index contributed by atoms with van der Waals surface area (Å²) in [4.78, 5) is 46.1. The molecule has 1 fully saturated rings. The highest BCUT2D eigenvalue weighted by molar-refractivity contribution is 6.10. The van der Waals surface area contributed by atoms with Crippen LogP contribution in [0, 0.1) is 0 Å². The van der Waals surface area contributed by atoms with E-state index in [0.717, 1.165) is 10.4 Å². The SMILES string of the molecule is CC[C@@]1(c2ccccc2)NC(=O)N(CC(=O)Nc2nc3ccccc3[nH]2)C1=O. The van der Waals surface area contributed by atoms with Crippen molar-refractivity contribution in [1.82, 2.24) is 20.2 Å². The van der Waals surface area contributed by atoms with Gasteiger partial charge in [0.25, 0.3) is 5.91 Å². The van der Waals surface area contributed by atoms with Gasteiger partial charge in [0.1, 0.15) is 12.1 Å². The zero-order valence-electron chi connectivity index (χ0n) is 15.2. The summed E-state index contributed by atoms with van der Waals surface area (Å²) in [6.45, 7) is 1.43. The van der Waals surface area contributed by atoms with E-state index in [9.17, 15) is 14.4 Å². The Bertz CT molecular complexity index is 1030. The monoisotopic (exact) mass is 377 g/mol. The molecule has 2 aromatic carbocycles. The number of anilines is 1. The second kappa shape index (κ2) is 6.80. The molecule has 0 unspecified atom stereocenters. The molecule has 1 saturated heterocycles. The van der Waals surface area contributed by atoms with Gasteiger partial charge in [0.2, 0.25) is 11.9 Å². The van der Waals surface area contributed by atoms with E-state index >= 15 is 0 Å². The third-order valence-electron chi connectivity index (χ3n) is 4.92. The zero-order valence-corrected chi connectivity index (χ0v) is 15.2. The summed E-state index contributed by atoms with van der Waals surface area (Å²) in [7, 11) is 0. The normalized spacial score (nSPS) is 19.1. The molecule has 0 spiro atoms. The van der Waals surface area contributed by atoms with Gasteiger partial charge in [-0.1, -0.05) is 49.4 Å². The van der Waals surface area contributed by atoms with Crippen molar-refractivity contribution in [3.63, 3.8) is 0 Å². The molecule has 3 aromatic rings. The van der Waals surface area contributed by atoms with Crippen LogP contribution in [0.15, 0.2) is 54.6 Å². The van der Waals surface area contributed by atoms with Crippen molar-refractivity contribution in [2.24, 2.45) is 0 Å². The standard InChI is InChI=1S/C20H19N5O3/c1-2-20(13-8-4-3-5-9-13)17(27)25(19(28)24-20)12-16(26)23-18-21-14-10-6-7-11-15(14)22-18/h3-11H,2,12H2,1H3,(H,24,28)(H2,21,22,23,26)/t20-/m0/s1. The number of aromatic amines is 1. The summed E-state index contributed by atoms with van der Waals surface area (Å²) in [5, 5.41) is 5.36. The van der Waals surface area contributed by atoms with Crippen LogP contribution in [0.3, 0.4) is 0 Å². The number of aromatic nitrogens is 2. The van der Waals surface area contributed by atoms with Crippen molar-refractivity contribution in [2.45, 2.75) is 18.9 Å². The molecule has 28 heavy (non-hydrogen) atoms. The molecule has 0 radical (unpaired) electrons. The first-order valence-electron chi connectivity index (χ1n) is 8.98. The van der Waals surface area contributed by atoms with Crippen LogP contribution in [-0.2, 0) is 15.1 Å². The summed E-state index contributed by atoms with van der Waals surface area (Å²) in [6.07, 6.45) is 0.378. The quantitative estimate of drug-likeness (QED) is 0.593. The Hall–Kier alpha value is -3.68. The van der Waals surface area contributed by atoms with Crippen LogP contribution >= 0.6 is 0 Å². The first-order chi connectivity index (χ1) is 13.5. The summed E-state index contributed by atoms with van der Waals surface area (Å²) in [5.41, 5.74) is 1.03. The number of hydrogen-bond acceptors (Lipinski definition) is 4. The van der Waals surface area contributed by atoms with Gasteiger partial charge in [0.15, 0.2) is 0 Å². The van der Waals surface area contributed by atoms with Crippen molar-refractivity contribution in [3.05, 3.63) is 60.2 Å². The highest BCUT2D eigenvalue weighted by Gasteiger charge is 2.51. The molecular formula is C20H19N5O3. The maximum absolute atomic E-state index is 13.0. The predicted octanol–water partition coefficient (Wildman–Crippen LogP) is 2.36. The average molecular weight is 377 g/mol. The molecule has 8 heteroatoms. The number of imidazole rings is 1. The molecule has 142 valence electrons. The van der Waals surface area contributed by atoms with Crippen LogP contribution in [0.25, 0.3) is 11.0 Å². The highest BCUT2D eigenvalue weighted by atomic mass is 16.2. The number of urea groups is 1. The lowest BCUT2D eigenvalue weighted by molar-refractivity contribution is -0.134. The third kappa shape index (κ3) is 2.88. The van der Waals surface area contributed by atoms with E-state index in [1.165, 1.54) is 0 Å². The number of imide groups is 1. The molecule has 8 nitrogen and oxygen atoms in total. The Morgan fingerprint density at radius 1 is 1.11 bits per heavy atom. The van der Waals surface area contributed by atoms with E-state index in [2.05, 4.69) is 20.6 Å². The van der Waals surface area contributed by atoms with Gasteiger partial charge in [-0.15, -0.1) is 0 Å². The largest absolute Gasteiger partial charge is 0.325 e. The van der Waals surface area contributed by atoms with Gasteiger partial charge in [0.05, 0.1) is 11.0 Å². The van der Waals surface area contributed by atoms with E-state index in [0.29, 0.717) is 17.5 Å². The summed E-state index contributed by atoms with van der Waals surface area (Å²) in [5.74, 6) is -0.684. The fraction of sp³-hybridized carbons (Fsp3) is 0.200. The van der Waals surface area contributed by atoms with Gasteiger partial charge >= 0.3 is 6.03 Å². The molecule has 4 rings (SSSR count). The van der Waals surface area contributed by atoms with E-state index in [4.69, 9.17) is 0 Å². The number of nitrogens with one attached hydrogen (secondary N) is 3. The van der Waals surface area contributed by atoms with Gasteiger partial charge < -0.3 is 10.3 Å². The van der Waals surface area contributed by atoms with Gasteiger partial charge in [-0.05, 0) is 24.1 Å². The molecule has 1 aliphatic rings. The molecule has 0 bridgehead atoms. The lowest BCUT2D eigenvalue weighted by atomic mass is 9.87. The maximum Gasteiger partial charge on any atom is 0.325 e. The average Bonchev–Trinajstić information content (AvgIpc) is 3.22. The minimum atomic E-state index is -1.15. The Kier molecular flexibility index (Phi) is 4.31. The number of hydrogen-bond donors (Lipinski definition) is 3. The van der Waals surface area contributed by atoms with Crippen LogP contribution < -0.4 is 10.6 Å². The van der Waals surface area contributed by atoms with Crippen LogP contribution in [0.4, 0.5) is 10.7 Å². The number of carbonyl (C=O) groups excluding carboxylic acids is 3. The molecule has 4 amide bonds. The number of amides is 4. The van der Waals surface area contributed by atoms with Crippen LogP contribution in [0.5, 0.6) is 0 Å². The number of carbonyl (C=O) groups is 3. The Morgan fingerprint density at radius 3 is 2.54 bits per heavy atom. The Labute approximate surface area is 160 Å². The first kappa shape index (κ1) is 17.7. The predicted molar refractivity (Wildman–Crippen MR) is 103 cm³/mol. The maximum atomic E-state index is 13.0. The number of benzene rings is 2. The smallest absolute Gasteiger partial charge is 0.324 e. The number of fused-ring (bicyclic) bond motifs is 1. The summed E-state index contributed by atoms with van der Waals surface area (Å²) in [6, 6.07) is 15.8. The van der Waals surface area contributed by atoms with Crippen molar-refractivity contribution in [3.8, 4) is 0 Å². The van der Waals surface area contributed by atoms with Crippen molar-refractivity contribution in [2.75, 3.05) is 11.9 Å². The van der Waals surface area contributed by atoms with E-state index in [1.54, 1.807) is 12.1 Å². The number of para-hydroxylation sites is 2. The number of nitrogens with zero attached hydrogens (tertiary/aromatic N) is 2. The Balaban J connectivity index is 1.52. The number of H-pyrrole nitrogens is 1. The van der Waals surface area contributed by atoms with Crippen molar-refractivity contribution >= 4 is 34.8 Å². The third-order valence-corrected chi connectivity index (χ3v) is 4.92. The zero-order chi connectivity index (χ0) is 19.7. The van der Waals surface area contributed by atoms with Crippen LogP contribution in [-0.4, -0.2) is 39.3 Å². The minimum absolute atomic E-state index is 0.267. The van der Waals surface area contributed by atoms with Crippen LogP contribution in [0.1, 0.15) is 18.9 Å². The molecule has 1 aliphatic heterocycles. The van der Waals surface area contributed by atoms with Gasteiger partial charge in [-0.3, -0.25) is 19.8 Å². The van der Waals surface area contributed by atoms with Gasteiger partial charge in [0, 0.05) is 0 Å². The molecule has 0 aliphatic carbocycles. The van der Waals surface area contributed by atoms with E-state index < -0.39 is 29.9 Å².